The average molecular weight is 472 g/mol. The Kier molecular flexibility index (Phi) is 6.25. The van der Waals surface area contributed by atoms with Gasteiger partial charge in [0, 0.05) is 11.1 Å². The molecule has 1 aliphatic rings. The molecule has 1 amide bonds. The van der Waals surface area contributed by atoms with Crippen molar-refractivity contribution in [3.63, 3.8) is 0 Å². The van der Waals surface area contributed by atoms with Crippen molar-refractivity contribution >= 4 is 11.6 Å². The summed E-state index contributed by atoms with van der Waals surface area (Å²) in [6.45, 7) is 4.59. The Bertz CT molecular complexity index is 1420. The highest BCUT2D eigenvalue weighted by Gasteiger charge is 2.27. The van der Waals surface area contributed by atoms with Crippen LogP contribution in [0.3, 0.4) is 0 Å². The molecule has 0 unspecified atom stereocenters. The predicted octanol–water partition coefficient (Wildman–Crippen LogP) is 4.56. The number of carbonyl (C=O) groups excluding carboxylic acids is 1. The summed E-state index contributed by atoms with van der Waals surface area (Å²) in [5, 5.41) is 4.50. The van der Waals surface area contributed by atoms with Crippen LogP contribution in [0.1, 0.15) is 41.7 Å². The molecule has 8 heteroatoms. The summed E-state index contributed by atoms with van der Waals surface area (Å²) in [6.07, 6.45) is 3.82. The number of halogens is 1. The number of nitrogens with zero attached hydrogens (tertiary/aromatic N) is 3. The number of likely N-dealkylation sites (tertiary alicyclic amines) is 1. The molecule has 1 fully saturated rings. The molecule has 2 aromatic carbocycles. The van der Waals surface area contributed by atoms with E-state index in [-0.39, 0.29) is 5.75 Å². The van der Waals surface area contributed by atoms with Gasteiger partial charge in [0.1, 0.15) is 11.4 Å². The first-order chi connectivity index (χ1) is 17.0. The number of hydrogen-bond donors (Lipinski definition) is 2. The lowest BCUT2D eigenvalue weighted by Gasteiger charge is -2.30. The van der Waals surface area contributed by atoms with Crippen molar-refractivity contribution in [2.45, 2.75) is 25.7 Å². The van der Waals surface area contributed by atoms with E-state index in [2.05, 4.69) is 26.8 Å². The van der Waals surface area contributed by atoms with E-state index in [9.17, 15) is 9.18 Å². The maximum Gasteiger partial charge on any atom is 0.269 e. The van der Waals surface area contributed by atoms with Gasteiger partial charge in [-0.05, 0) is 75.2 Å². The van der Waals surface area contributed by atoms with E-state index in [0.29, 0.717) is 23.1 Å². The number of hydrogen-bond acceptors (Lipinski definition) is 4. The lowest BCUT2D eigenvalue weighted by molar-refractivity contribution is 0.0994. The number of ether oxygens (including phenoxy) is 1. The largest absolute Gasteiger partial charge is 0.454 e. The molecule has 3 N–H and O–H groups in total. The van der Waals surface area contributed by atoms with Crippen LogP contribution in [-0.4, -0.2) is 45.0 Å². The summed E-state index contributed by atoms with van der Waals surface area (Å²) in [7, 11) is 0. The number of para-hydroxylation sites is 1. The number of imidazole rings is 1. The van der Waals surface area contributed by atoms with Crippen molar-refractivity contribution in [2.75, 3.05) is 19.6 Å². The first-order valence-electron chi connectivity index (χ1n) is 11.6. The number of nitrogens with one attached hydrogen (secondary N) is 1. The molecule has 5 rings (SSSR count). The topological polar surface area (TPSA) is 88.7 Å². The third kappa shape index (κ3) is 4.51. The molecule has 35 heavy (non-hydrogen) atoms. The van der Waals surface area contributed by atoms with Crippen molar-refractivity contribution in [1.82, 2.24) is 19.5 Å². The number of amides is 1. The average Bonchev–Trinajstić information content (AvgIpc) is 3.44. The zero-order chi connectivity index (χ0) is 24.4. The second-order valence-electron chi connectivity index (χ2n) is 8.61. The van der Waals surface area contributed by atoms with Gasteiger partial charge in [-0.1, -0.05) is 18.1 Å². The van der Waals surface area contributed by atoms with Gasteiger partial charge in [0.15, 0.2) is 17.3 Å². The third-order valence-corrected chi connectivity index (χ3v) is 6.44. The first-order valence-corrected chi connectivity index (χ1v) is 11.6. The van der Waals surface area contributed by atoms with Crippen molar-refractivity contribution in [1.29, 1.82) is 0 Å². The maximum absolute atomic E-state index is 13.9. The Morgan fingerprint density at radius 1 is 1.20 bits per heavy atom. The number of fused-ring (bicyclic) bond motifs is 1. The van der Waals surface area contributed by atoms with Gasteiger partial charge >= 0.3 is 0 Å². The molecule has 4 aromatic rings. The van der Waals surface area contributed by atoms with E-state index in [0.717, 1.165) is 49.2 Å². The fraction of sp³-hybridized carbons (Fsp3) is 0.259. The molecule has 1 aliphatic heterocycles. The Labute approximate surface area is 202 Å². The van der Waals surface area contributed by atoms with Crippen LogP contribution >= 0.6 is 0 Å². The monoisotopic (exact) mass is 471 g/mol. The van der Waals surface area contributed by atoms with E-state index in [4.69, 9.17) is 10.5 Å². The Morgan fingerprint density at radius 3 is 2.63 bits per heavy atom. The molecule has 0 atom stereocenters. The summed E-state index contributed by atoms with van der Waals surface area (Å²) in [5.41, 5.74) is 9.27. The molecule has 3 heterocycles. The van der Waals surface area contributed by atoms with Gasteiger partial charge < -0.3 is 15.5 Å². The number of benzene rings is 2. The van der Waals surface area contributed by atoms with Crippen LogP contribution in [0.4, 0.5) is 4.39 Å². The van der Waals surface area contributed by atoms with Gasteiger partial charge in [-0.2, -0.15) is 5.10 Å². The van der Waals surface area contributed by atoms with Crippen LogP contribution in [0.5, 0.6) is 11.5 Å². The van der Waals surface area contributed by atoms with Crippen molar-refractivity contribution in [2.24, 2.45) is 5.73 Å². The van der Waals surface area contributed by atoms with Gasteiger partial charge in [-0.25, -0.2) is 8.91 Å². The first kappa shape index (κ1) is 22.7. The molecule has 2 aromatic heterocycles. The van der Waals surface area contributed by atoms with E-state index >= 15 is 0 Å². The SMILES string of the molecule is CC#CCN1CCC(c2cnn3c(C(N)=O)c(-c4ccc(Oc5ccccc5F)cc4)[nH]c23)CC1. The fourth-order valence-corrected chi connectivity index (χ4v) is 4.61. The second kappa shape index (κ2) is 9.65. The normalized spacial score (nSPS) is 14.6. The molecule has 7 nitrogen and oxygen atoms in total. The number of rotatable bonds is 6. The van der Waals surface area contributed by atoms with E-state index < -0.39 is 11.7 Å². The summed E-state index contributed by atoms with van der Waals surface area (Å²) in [6, 6.07) is 13.3. The van der Waals surface area contributed by atoms with Crippen LogP contribution in [-0.2, 0) is 0 Å². The highest BCUT2D eigenvalue weighted by Crippen LogP contribution is 2.34. The second-order valence-corrected chi connectivity index (χ2v) is 8.61. The van der Waals surface area contributed by atoms with E-state index in [1.165, 1.54) is 6.07 Å². The number of carbonyl (C=O) groups is 1. The predicted molar refractivity (Wildman–Crippen MR) is 132 cm³/mol. The number of aromatic amines is 1. The number of H-pyrrole nitrogens is 1. The van der Waals surface area contributed by atoms with Crippen LogP contribution in [0.25, 0.3) is 16.9 Å². The Balaban J connectivity index is 1.42. The standard InChI is InChI=1S/C27H26FN5O2/c1-2-3-14-32-15-12-18(13-16-32)21-17-30-33-25(26(29)34)24(31-27(21)33)19-8-10-20(11-9-19)35-23-7-5-4-6-22(23)28/h4-11,17-18,31H,12-16H2,1H3,(H2,29,34). The highest BCUT2D eigenvalue weighted by molar-refractivity contribution is 5.98. The van der Waals surface area contributed by atoms with Gasteiger partial charge in [0.2, 0.25) is 0 Å². The molecule has 0 aliphatic carbocycles. The van der Waals surface area contributed by atoms with E-state index in [1.54, 1.807) is 47.0 Å². The number of aromatic nitrogens is 3. The van der Waals surface area contributed by atoms with Crippen molar-refractivity contribution in [3.05, 3.63) is 71.8 Å². The van der Waals surface area contributed by atoms with E-state index in [1.807, 2.05) is 13.1 Å². The zero-order valence-corrected chi connectivity index (χ0v) is 19.4. The highest BCUT2D eigenvalue weighted by atomic mass is 19.1. The summed E-state index contributed by atoms with van der Waals surface area (Å²) in [5.74, 6) is 6.05. The van der Waals surface area contributed by atoms with Crippen molar-refractivity contribution < 1.29 is 13.9 Å². The number of primary amides is 1. The molecule has 0 bridgehead atoms. The van der Waals surface area contributed by atoms with Gasteiger partial charge in [-0.3, -0.25) is 9.69 Å². The number of nitrogens with two attached hydrogens (primary N) is 1. The smallest absolute Gasteiger partial charge is 0.269 e. The third-order valence-electron chi connectivity index (χ3n) is 6.44. The molecular formula is C27H26FN5O2. The van der Waals surface area contributed by atoms with Crippen LogP contribution in [0, 0.1) is 17.7 Å². The molecule has 0 saturated carbocycles. The zero-order valence-electron chi connectivity index (χ0n) is 19.4. The number of piperidine rings is 1. The van der Waals surface area contributed by atoms with Gasteiger partial charge in [0.05, 0.1) is 18.4 Å². The lowest BCUT2D eigenvalue weighted by Crippen LogP contribution is -2.33. The minimum Gasteiger partial charge on any atom is -0.454 e. The molecule has 1 saturated heterocycles. The van der Waals surface area contributed by atoms with Crippen LogP contribution < -0.4 is 10.5 Å². The van der Waals surface area contributed by atoms with Crippen LogP contribution in [0.2, 0.25) is 0 Å². The molecule has 178 valence electrons. The fourth-order valence-electron chi connectivity index (χ4n) is 4.61. The van der Waals surface area contributed by atoms with Gasteiger partial charge in [-0.15, -0.1) is 5.92 Å². The van der Waals surface area contributed by atoms with Crippen LogP contribution in [0.15, 0.2) is 54.7 Å². The molecular weight excluding hydrogens is 445 g/mol. The lowest BCUT2D eigenvalue weighted by atomic mass is 9.91. The Hall–Kier alpha value is -4.09. The maximum atomic E-state index is 13.9. The summed E-state index contributed by atoms with van der Waals surface area (Å²) < 4.78 is 21.2. The molecule has 0 spiro atoms. The minimum atomic E-state index is -0.569. The Morgan fingerprint density at radius 2 is 1.94 bits per heavy atom. The van der Waals surface area contributed by atoms with Gasteiger partial charge in [0.25, 0.3) is 5.91 Å². The quantitative estimate of drug-likeness (QED) is 0.404. The summed E-state index contributed by atoms with van der Waals surface area (Å²) >= 11 is 0. The minimum absolute atomic E-state index is 0.147. The molecule has 0 radical (unpaired) electrons. The van der Waals surface area contributed by atoms with Crippen molar-refractivity contribution in [3.8, 4) is 34.6 Å². The summed E-state index contributed by atoms with van der Waals surface area (Å²) in [4.78, 5) is 18.1.